The summed E-state index contributed by atoms with van der Waals surface area (Å²) in [4.78, 5) is 15.4. The third-order valence-electron chi connectivity index (χ3n) is 4.13. The molecule has 0 spiro atoms. The van der Waals surface area contributed by atoms with Gasteiger partial charge in [0, 0.05) is 11.8 Å². The molecular formula is C20H24N4O4S. The lowest BCUT2D eigenvalue weighted by Crippen LogP contribution is -2.33. The molecule has 0 saturated carbocycles. The van der Waals surface area contributed by atoms with Gasteiger partial charge in [0.15, 0.2) is 11.5 Å². The summed E-state index contributed by atoms with van der Waals surface area (Å²) in [6, 6.07) is 9.12. The fraction of sp³-hybridized carbons (Fsp3) is 0.350. The first-order valence-electron chi connectivity index (χ1n) is 9.23. The Morgan fingerprint density at radius 2 is 2.03 bits per heavy atom. The van der Waals surface area contributed by atoms with E-state index in [4.69, 9.17) is 13.9 Å². The van der Waals surface area contributed by atoms with E-state index < -0.39 is 0 Å². The number of thiophene rings is 1. The largest absolute Gasteiger partial charge is 0.493 e. The molecule has 0 fully saturated rings. The van der Waals surface area contributed by atoms with Crippen LogP contribution in [-0.4, -0.2) is 48.3 Å². The first-order valence-corrected chi connectivity index (χ1v) is 10.1. The molecule has 154 valence electrons. The van der Waals surface area contributed by atoms with Crippen molar-refractivity contribution >= 4 is 22.9 Å². The van der Waals surface area contributed by atoms with Gasteiger partial charge in [-0.1, -0.05) is 13.0 Å². The summed E-state index contributed by atoms with van der Waals surface area (Å²) in [6.07, 6.45) is 0.898. The third-order valence-corrected chi connectivity index (χ3v) is 4.99. The van der Waals surface area contributed by atoms with Gasteiger partial charge in [0.05, 0.1) is 32.2 Å². The maximum Gasteiger partial charge on any atom is 0.257 e. The highest BCUT2D eigenvalue weighted by Gasteiger charge is 2.16. The minimum atomic E-state index is -0.135. The smallest absolute Gasteiger partial charge is 0.257 e. The fourth-order valence-electron chi connectivity index (χ4n) is 2.86. The first-order chi connectivity index (χ1) is 14.1. The van der Waals surface area contributed by atoms with Crippen molar-refractivity contribution in [1.82, 2.24) is 15.1 Å². The van der Waals surface area contributed by atoms with Crippen LogP contribution in [0.3, 0.4) is 0 Å². The Kier molecular flexibility index (Phi) is 7.20. The number of carbonyl (C=O) groups is 1. The van der Waals surface area contributed by atoms with Crippen molar-refractivity contribution in [3.63, 3.8) is 0 Å². The standard InChI is InChI=1S/C20H24N4O4S/c1-4-9-24(13-19-22-23-20(28-19)17-6-5-10-29-17)12-18(25)21-14-7-8-15(26-2)16(11-14)27-3/h5-8,10-11H,4,9,12-13H2,1-3H3,(H,21,25). The number of ether oxygens (including phenoxy) is 2. The van der Waals surface area contributed by atoms with E-state index in [-0.39, 0.29) is 12.5 Å². The predicted molar refractivity (Wildman–Crippen MR) is 111 cm³/mol. The summed E-state index contributed by atoms with van der Waals surface area (Å²) in [6.45, 7) is 3.41. The van der Waals surface area contributed by atoms with E-state index >= 15 is 0 Å². The van der Waals surface area contributed by atoms with Crippen molar-refractivity contribution in [3.8, 4) is 22.3 Å². The molecule has 0 unspecified atom stereocenters. The number of hydrogen-bond donors (Lipinski definition) is 1. The summed E-state index contributed by atoms with van der Waals surface area (Å²) >= 11 is 1.54. The van der Waals surface area contributed by atoms with Crippen molar-refractivity contribution in [2.45, 2.75) is 19.9 Å². The average Bonchev–Trinajstić information content (AvgIpc) is 3.39. The number of rotatable bonds is 10. The van der Waals surface area contributed by atoms with E-state index in [0.717, 1.165) is 17.8 Å². The molecule has 1 aromatic carbocycles. The van der Waals surface area contributed by atoms with Crippen LogP contribution in [0.4, 0.5) is 5.69 Å². The van der Waals surface area contributed by atoms with Crippen LogP contribution in [0.25, 0.3) is 10.8 Å². The van der Waals surface area contributed by atoms with E-state index in [9.17, 15) is 4.79 Å². The Morgan fingerprint density at radius 3 is 2.72 bits per heavy atom. The number of anilines is 1. The van der Waals surface area contributed by atoms with Crippen molar-refractivity contribution < 1.29 is 18.7 Å². The van der Waals surface area contributed by atoms with Crippen LogP contribution in [0, 0.1) is 0 Å². The summed E-state index contributed by atoms with van der Waals surface area (Å²) in [5, 5.41) is 13.1. The molecule has 0 aliphatic heterocycles. The lowest BCUT2D eigenvalue weighted by molar-refractivity contribution is -0.117. The molecule has 3 aromatic rings. The van der Waals surface area contributed by atoms with Gasteiger partial charge >= 0.3 is 0 Å². The molecule has 2 heterocycles. The third kappa shape index (κ3) is 5.55. The number of benzene rings is 1. The number of aromatic nitrogens is 2. The second-order valence-corrected chi connectivity index (χ2v) is 7.25. The van der Waals surface area contributed by atoms with E-state index in [1.165, 1.54) is 0 Å². The molecule has 0 bridgehead atoms. The second kappa shape index (κ2) is 10.0. The van der Waals surface area contributed by atoms with Crippen molar-refractivity contribution in [2.24, 2.45) is 0 Å². The maximum atomic E-state index is 12.5. The van der Waals surface area contributed by atoms with Gasteiger partial charge < -0.3 is 19.2 Å². The topological polar surface area (TPSA) is 89.7 Å². The van der Waals surface area contributed by atoms with Crippen LogP contribution < -0.4 is 14.8 Å². The number of carbonyl (C=O) groups excluding carboxylic acids is 1. The SMILES string of the molecule is CCCN(CC(=O)Nc1ccc(OC)c(OC)c1)Cc1nnc(-c2cccs2)o1. The lowest BCUT2D eigenvalue weighted by atomic mass is 10.2. The maximum absolute atomic E-state index is 12.5. The molecule has 9 heteroatoms. The first kappa shape index (κ1) is 20.8. The van der Waals surface area contributed by atoms with Gasteiger partial charge in [0.2, 0.25) is 11.8 Å². The van der Waals surface area contributed by atoms with Crippen LogP contribution >= 0.6 is 11.3 Å². The molecule has 1 amide bonds. The highest BCUT2D eigenvalue weighted by molar-refractivity contribution is 7.13. The van der Waals surface area contributed by atoms with Gasteiger partial charge in [0.25, 0.3) is 5.89 Å². The fourth-order valence-corrected chi connectivity index (χ4v) is 3.50. The Hall–Kier alpha value is -2.91. The van der Waals surface area contributed by atoms with Gasteiger partial charge in [-0.2, -0.15) is 0 Å². The highest BCUT2D eigenvalue weighted by Crippen LogP contribution is 2.29. The number of nitrogens with zero attached hydrogens (tertiary/aromatic N) is 3. The summed E-state index contributed by atoms with van der Waals surface area (Å²) in [5.41, 5.74) is 0.641. The van der Waals surface area contributed by atoms with E-state index in [2.05, 4.69) is 22.4 Å². The Labute approximate surface area is 173 Å². The highest BCUT2D eigenvalue weighted by atomic mass is 32.1. The van der Waals surface area contributed by atoms with Gasteiger partial charge in [-0.3, -0.25) is 9.69 Å². The van der Waals surface area contributed by atoms with Gasteiger partial charge in [-0.25, -0.2) is 0 Å². The number of nitrogens with one attached hydrogen (secondary N) is 1. The molecular weight excluding hydrogens is 392 g/mol. The molecule has 0 atom stereocenters. The minimum absolute atomic E-state index is 0.135. The molecule has 29 heavy (non-hydrogen) atoms. The van der Waals surface area contributed by atoms with E-state index in [1.54, 1.807) is 43.8 Å². The van der Waals surface area contributed by atoms with Crippen LogP contribution in [0.15, 0.2) is 40.1 Å². The second-order valence-electron chi connectivity index (χ2n) is 6.31. The monoisotopic (exact) mass is 416 g/mol. The van der Waals surface area contributed by atoms with E-state index in [0.29, 0.717) is 35.5 Å². The van der Waals surface area contributed by atoms with Crippen molar-refractivity contribution in [3.05, 3.63) is 41.6 Å². The van der Waals surface area contributed by atoms with Crippen LogP contribution in [0.5, 0.6) is 11.5 Å². The number of amides is 1. The summed E-state index contributed by atoms with van der Waals surface area (Å²) in [5.74, 6) is 2.02. The number of hydrogen-bond acceptors (Lipinski definition) is 8. The predicted octanol–water partition coefficient (Wildman–Crippen LogP) is 3.67. The molecule has 0 radical (unpaired) electrons. The van der Waals surface area contributed by atoms with Gasteiger partial charge in [-0.05, 0) is 36.5 Å². The van der Waals surface area contributed by atoms with E-state index in [1.807, 2.05) is 22.4 Å². The van der Waals surface area contributed by atoms with Gasteiger partial charge in [-0.15, -0.1) is 21.5 Å². The zero-order chi connectivity index (χ0) is 20.6. The number of methoxy groups -OCH3 is 2. The minimum Gasteiger partial charge on any atom is -0.493 e. The average molecular weight is 417 g/mol. The Balaban J connectivity index is 1.62. The zero-order valence-corrected chi connectivity index (χ0v) is 17.5. The lowest BCUT2D eigenvalue weighted by Gasteiger charge is -2.19. The quantitative estimate of drug-likeness (QED) is 0.539. The molecule has 1 N–H and O–H groups in total. The molecule has 0 saturated heterocycles. The van der Waals surface area contributed by atoms with Gasteiger partial charge in [0.1, 0.15) is 0 Å². The molecule has 0 aliphatic rings. The van der Waals surface area contributed by atoms with Crippen LogP contribution in [0.2, 0.25) is 0 Å². The molecule has 8 nitrogen and oxygen atoms in total. The summed E-state index contributed by atoms with van der Waals surface area (Å²) in [7, 11) is 3.13. The van der Waals surface area contributed by atoms with Crippen LogP contribution in [0.1, 0.15) is 19.2 Å². The zero-order valence-electron chi connectivity index (χ0n) is 16.7. The van der Waals surface area contributed by atoms with Crippen molar-refractivity contribution in [2.75, 3.05) is 32.6 Å². The normalized spacial score (nSPS) is 10.9. The molecule has 3 rings (SSSR count). The molecule has 0 aliphatic carbocycles. The Morgan fingerprint density at radius 1 is 1.21 bits per heavy atom. The van der Waals surface area contributed by atoms with Crippen molar-refractivity contribution in [1.29, 1.82) is 0 Å². The summed E-state index contributed by atoms with van der Waals surface area (Å²) < 4.78 is 16.2. The Bertz CT molecular complexity index is 926. The van der Waals surface area contributed by atoms with Crippen LogP contribution in [-0.2, 0) is 11.3 Å². The molecule has 2 aromatic heterocycles.